The lowest BCUT2D eigenvalue weighted by Gasteiger charge is -2.05. The normalized spacial score (nSPS) is 11.1. The minimum atomic E-state index is -0.505. The van der Waals surface area contributed by atoms with Crippen LogP contribution < -0.4 is 5.43 Å². The molecule has 0 aliphatic rings. The van der Waals surface area contributed by atoms with Crippen molar-refractivity contribution in [3.8, 4) is 0 Å². The fraction of sp³-hybridized carbons (Fsp3) is 0.176. The Morgan fingerprint density at radius 3 is 2.35 bits per heavy atom. The Balaban J connectivity index is 2.01. The molecule has 0 fully saturated rings. The third kappa shape index (κ3) is 4.74. The number of nitrogens with one attached hydrogen (secondary N) is 1. The summed E-state index contributed by atoms with van der Waals surface area (Å²) in [5.41, 5.74) is 4.75. The second kappa shape index (κ2) is 7.84. The Kier molecular flexibility index (Phi) is 5.57. The van der Waals surface area contributed by atoms with Gasteiger partial charge in [-0.2, -0.15) is 5.10 Å². The molecule has 23 heavy (non-hydrogen) atoms. The molecular formula is C17H17N3O3. The minimum Gasteiger partial charge on any atom is -0.267 e. The number of nitro benzene ring substituents is 1. The third-order valence-corrected chi connectivity index (χ3v) is 3.31. The predicted octanol–water partition coefficient (Wildman–Crippen LogP) is 3.33. The molecule has 6 heteroatoms. The number of carbonyl (C=O) groups is 1. The van der Waals surface area contributed by atoms with E-state index in [9.17, 15) is 14.9 Å². The number of rotatable bonds is 6. The van der Waals surface area contributed by atoms with Crippen LogP contribution in [0.5, 0.6) is 0 Å². The number of carbonyl (C=O) groups excluding carboxylic acids is 1. The molecule has 118 valence electrons. The zero-order valence-corrected chi connectivity index (χ0v) is 12.7. The molecule has 1 amide bonds. The van der Waals surface area contributed by atoms with Crippen LogP contribution in [0.3, 0.4) is 0 Å². The molecule has 0 aliphatic carbocycles. The van der Waals surface area contributed by atoms with E-state index in [4.69, 9.17) is 0 Å². The summed E-state index contributed by atoms with van der Waals surface area (Å²) in [5.74, 6) is -0.390. The van der Waals surface area contributed by atoms with Gasteiger partial charge in [0.25, 0.3) is 11.6 Å². The van der Waals surface area contributed by atoms with Crippen molar-refractivity contribution in [3.05, 3.63) is 75.8 Å². The van der Waals surface area contributed by atoms with Gasteiger partial charge in [0.1, 0.15) is 0 Å². The summed E-state index contributed by atoms with van der Waals surface area (Å²) in [6.07, 6.45) is 1.38. The average molecular weight is 311 g/mol. The smallest absolute Gasteiger partial charge is 0.267 e. The topological polar surface area (TPSA) is 84.6 Å². The zero-order chi connectivity index (χ0) is 16.7. The summed E-state index contributed by atoms with van der Waals surface area (Å²) in [6, 6.07) is 15.3. The largest absolute Gasteiger partial charge is 0.271 e. The second-order valence-corrected chi connectivity index (χ2v) is 4.94. The van der Waals surface area contributed by atoms with Gasteiger partial charge < -0.3 is 0 Å². The van der Waals surface area contributed by atoms with Crippen LogP contribution in [0.25, 0.3) is 0 Å². The average Bonchev–Trinajstić information content (AvgIpc) is 2.59. The van der Waals surface area contributed by atoms with Gasteiger partial charge in [-0.3, -0.25) is 14.9 Å². The lowest BCUT2D eigenvalue weighted by Crippen LogP contribution is -2.20. The van der Waals surface area contributed by atoms with Crippen molar-refractivity contribution in [1.29, 1.82) is 0 Å². The van der Waals surface area contributed by atoms with E-state index in [1.165, 1.54) is 24.3 Å². The standard InChI is InChI=1S/C17H17N3O3/c1-2-15(12-13-6-4-3-5-7-13)18-19-17(21)14-8-10-16(11-9-14)20(22)23/h3-11H,2,12H2,1H3,(H,19,21)/b18-15-. The fourth-order valence-corrected chi connectivity index (χ4v) is 2.00. The van der Waals surface area contributed by atoms with Crippen molar-refractivity contribution in [2.24, 2.45) is 5.10 Å². The van der Waals surface area contributed by atoms with Crippen LogP contribution in [0.1, 0.15) is 29.3 Å². The van der Waals surface area contributed by atoms with Crippen LogP contribution >= 0.6 is 0 Å². The Hall–Kier alpha value is -3.02. The van der Waals surface area contributed by atoms with Crippen LogP contribution in [0, 0.1) is 10.1 Å². The zero-order valence-electron chi connectivity index (χ0n) is 12.7. The summed E-state index contributed by atoms with van der Waals surface area (Å²) < 4.78 is 0. The van der Waals surface area contributed by atoms with Gasteiger partial charge in [-0.25, -0.2) is 5.43 Å². The van der Waals surface area contributed by atoms with Gasteiger partial charge in [-0.1, -0.05) is 37.3 Å². The lowest BCUT2D eigenvalue weighted by molar-refractivity contribution is -0.384. The summed E-state index contributed by atoms with van der Waals surface area (Å²) in [6.45, 7) is 1.97. The lowest BCUT2D eigenvalue weighted by atomic mass is 10.1. The summed E-state index contributed by atoms with van der Waals surface area (Å²) in [7, 11) is 0. The molecule has 0 bridgehead atoms. The van der Waals surface area contributed by atoms with Crippen LogP contribution in [0.2, 0.25) is 0 Å². The molecule has 0 saturated heterocycles. The van der Waals surface area contributed by atoms with E-state index >= 15 is 0 Å². The molecule has 2 rings (SSSR count). The van der Waals surface area contributed by atoms with Crippen LogP contribution in [0.15, 0.2) is 59.7 Å². The van der Waals surface area contributed by atoms with Crippen LogP contribution in [-0.4, -0.2) is 16.5 Å². The maximum absolute atomic E-state index is 12.0. The number of hydrazone groups is 1. The Morgan fingerprint density at radius 2 is 1.78 bits per heavy atom. The number of hydrogen-bond acceptors (Lipinski definition) is 4. The molecule has 0 aliphatic heterocycles. The van der Waals surface area contributed by atoms with Gasteiger partial charge in [0.2, 0.25) is 0 Å². The molecule has 0 radical (unpaired) electrons. The number of nitro groups is 1. The number of amides is 1. The molecule has 2 aromatic carbocycles. The summed E-state index contributed by atoms with van der Waals surface area (Å²) in [5, 5.41) is 14.7. The van der Waals surface area contributed by atoms with Gasteiger partial charge in [-0.15, -0.1) is 0 Å². The second-order valence-electron chi connectivity index (χ2n) is 4.94. The first-order chi connectivity index (χ1) is 11.1. The van der Waals surface area contributed by atoms with Crippen molar-refractivity contribution in [2.75, 3.05) is 0 Å². The number of benzene rings is 2. The molecule has 0 spiro atoms. The van der Waals surface area contributed by atoms with Gasteiger partial charge in [0.05, 0.1) is 4.92 Å². The summed E-state index contributed by atoms with van der Waals surface area (Å²) >= 11 is 0. The maximum atomic E-state index is 12.0. The van der Waals surface area contributed by atoms with Crippen molar-refractivity contribution >= 4 is 17.3 Å². The molecule has 1 N–H and O–H groups in total. The number of nitrogens with zero attached hydrogens (tertiary/aromatic N) is 2. The Bertz CT molecular complexity index is 710. The molecule has 0 saturated carbocycles. The molecule has 2 aromatic rings. The van der Waals surface area contributed by atoms with E-state index in [0.29, 0.717) is 12.0 Å². The van der Waals surface area contributed by atoms with E-state index in [0.717, 1.165) is 17.7 Å². The Morgan fingerprint density at radius 1 is 1.13 bits per heavy atom. The van der Waals surface area contributed by atoms with Crippen LogP contribution in [0.4, 0.5) is 5.69 Å². The van der Waals surface area contributed by atoms with Crippen molar-refractivity contribution < 1.29 is 9.72 Å². The molecular weight excluding hydrogens is 294 g/mol. The van der Waals surface area contributed by atoms with E-state index in [1.807, 2.05) is 37.3 Å². The van der Waals surface area contributed by atoms with Crippen molar-refractivity contribution in [1.82, 2.24) is 5.43 Å². The van der Waals surface area contributed by atoms with Gasteiger partial charge in [0.15, 0.2) is 0 Å². The first-order valence-corrected chi connectivity index (χ1v) is 7.24. The van der Waals surface area contributed by atoms with Crippen molar-refractivity contribution in [3.63, 3.8) is 0 Å². The molecule has 0 atom stereocenters. The third-order valence-electron chi connectivity index (χ3n) is 3.31. The predicted molar refractivity (Wildman–Crippen MR) is 88.4 cm³/mol. The molecule has 0 unspecified atom stereocenters. The monoisotopic (exact) mass is 311 g/mol. The van der Waals surface area contributed by atoms with Gasteiger partial charge in [-0.05, 0) is 24.1 Å². The first-order valence-electron chi connectivity index (χ1n) is 7.24. The highest BCUT2D eigenvalue weighted by atomic mass is 16.6. The van der Waals surface area contributed by atoms with Crippen LogP contribution in [-0.2, 0) is 6.42 Å². The Labute approximate surface area is 134 Å². The number of non-ortho nitro benzene ring substituents is 1. The summed E-state index contributed by atoms with van der Waals surface area (Å²) in [4.78, 5) is 22.1. The van der Waals surface area contributed by atoms with E-state index in [2.05, 4.69) is 10.5 Å². The highest BCUT2D eigenvalue weighted by Crippen LogP contribution is 2.11. The van der Waals surface area contributed by atoms with E-state index < -0.39 is 4.92 Å². The highest BCUT2D eigenvalue weighted by molar-refractivity contribution is 5.95. The van der Waals surface area contributed by atoms with Gasteiger partial charge in [0, 0.05) is 29.8 Å². The first kappa shape index (κ1) is 16.4. The number of hydrogen-bond donors (Lipinski definition) is 1. The minimum absolute atomic E-state index is 0.0524. The highest BCUT2D eigenvalue weighted by Gasteiger charge is 2.09. The quantitative estimate of drug-likeness (QED) is 0.504. The fourth-order valence-electron chi connectivity index (χ4n) is 2.00. The molecule has 0 aromatic heterocycles. The molecule has 0 heterocycles. The van der Waals surface area contributed by atoms with E-state index in [-0.39, 0.29) is 11.6 Å². The molecule has 6 nitrogen and oxygen atoms in total. The van der Waals surface area contributed by atoms with Crippen molar-refractivity contribution in [2.45, 2.75) is 19.8 Å². The SMILES string of the molecule is CC/C(Cc1ccccc1)=N/NC(=O)c1ccc([N+](=O)[O-])cc1. The van der Waals surface area contributed by atoms with Gasteiger partial charge >= 0.3 is 0 Å². The maximum Gasteiger partial charge on any atom is 0.271 e. The van der Waals surface area contributed by atoms with E-state index in [1.54, 1.807) is 0 Å².